The first kappa shape index (κ1) is 17.7. The van der Waals surface area contributed by atoms with Gasteiger partial charge in [0.2, 0.25) is 0 Å². The Kier molecular flexibility index (Phi) is 5.37. The minimum atomic E-state index is -0.333. The Bertz CT molecular complexity index is 938. The van der Waals surface area contributed by atoms with E-state index in [1.54, 1.807) is 12.1 Å². The number of fused-ring (bicyclic) bond motifs is 1. The number of rotatable bonds is 6. The molecule has 0 bridgehead atoms. The number of pyridine rings is 1. The van der Waals surface area contributed by atoms with Gasteiger partial charge in [-0.15, -0.1) is 0 Å². The number of amides is 1. The normalized spacial score (nSPS) is 10.7. The van der Waals surface area contributed by atoms with Crippen LogP contribution in [-0.4, -0.2) is 23.1 Å². The monoisotopic (exact) mass is 350 g/mol. The molecule has 1 heterocycles. The van der Waals surface area contributed by atoms with E-state index in [1.807, 2.05) is 30.3 Å². The number of aryl methyl sites for hydroxylation is 1. The number of para-hydroxylation sites is 1. The number of aromatic nitrogens is 1. The van der Waals surface area contributed by atoms with Gasteiger partial charge >= 0.3 is 0 Å². The molecule has 0 saturated carbocycles. The molecule has 0 spiro atoms. The molecule has 0 fully saturated rings. The number of carbonyl (C=O) groups excluding carboxylic acids is 1. The number of methoxy groups -OCH3 is 1. The molecule has 0 atom stereocenters. The number of hydrogen-bond donors (Lipinski definition) is 2. The van der Waals surface area contributed by atoms with E-state index in [4.69, 9.17) is 4.74 Å². The molecular formula is C21H22N2O3. The first-order valence-electron chi connectivity index (χ1n) is 8.69. The molecule has 1 aromatic heterocycles. The number of aromatic hydroxyl groups is 1. The Morgan fingerprint density at radius 1 is 1.23 bits per heavy atom. The second-order valence-corrected chi connectivity index (χ2v) is 6.12. The number of phenols is 1. The van der Waals surface area contributed by atoms with Crippen LogP contribution in [0.15, 0.2) is 48.7 Å². The van der Waals surface area contributed by atoms with Crippen LogP contribution in [0, 0.1) is 0 Å². The molecular weight excluding hydrogens is 328 g/mol. The van der Waals surface area contributed by atoms with Crippen molar-refractivity contribution in [3.8, 4) is 11.5 Å². The van der Waals surface area contributed by atoms with Gasteiger partial charge in [0, 0.05) is 23.3 Å². The van der Waals surface area contributed by atoms with Gasteiger partial charge in [-0.3, -0.25) is 9.78 Å². The summed E-state index contributed by atoms with van der Waals surface area (Å²) in [6.07, 6.45) is 4.40. The summed E-state index contributed by atoms with van der Waals surface area (Å²) in [4.78, 5) is 17.0. The maximum atomic E-state index is 12.7. The van der Waals surface area contributed by atoms with Crippen molar-refractivity contribution in [3.05, 3.63) is 59.8 Å². The van der Waals surface area contributed by atoms with Crippen molar-refractivity contribution in [3.63, 3.8) is 0 Å². The second kappa shape index (κ2) is 7.87. The number of phenolic OH excluding ortho intramolecular Hbond substituents is 1. The predicted molar refractivity (Wildman–Crippen MR) is 103 cm³/mol. The molecule has 26 heavy (non-hydrogen) atoms. The van der Waals surface area contributed by atoms with Crippen molar-refractivity contribution < 1.29 is 14.6 Å². The lowest BCUT2D eigenvalue weighted by atomic mass is 10.1. The molecule has 0 aliphatic rings. The van der Waals surface area contributed by atoms with Crippen molar-refractivity contribution in [1.29, 1.82) is 0 Å². The fourth-order valence-corrected chi connectivity index (χ4v) is 2.92. The van der Waals surface area contributed by atoms with Crippen LogP contribution >= 0.6 is 0 Å². The summed E-state index contributed by atoms with van der Waals surface area (Å²) in [6, 6.07) is 12.7. The van der Waals surface area contributed by atoms with Gasteiger partial charge in [0.15, 0.2) is 0 Å². The van der Waals surface area contributed by atoms with Crippen molar-refractivity contribution in [2.75, 3.05) is 12.4 Å². The summed E-state index contributed by atoms with van der Waals surface area (Å²) in [6.45, 7) is 2.11. The number of nitrogens with zero attached hydrogens (tertiary/aromatic N) is 1. The fraction of sp³-hybridized carbons (Fsp3) is 0.238. The Hall–Kier alpha value is -3.08. The van der Waals surface area contributed by atoms with E-state index in [1.165, 1.54) is 13.3 Å². The molecule has 5 nitrogen and oxygen atoms in total. The van der Waals surface area contributed by atoms with Gasteiger partial charge in [0.05, 0.1) is 12.6 Å². The maximum absolute atomic E-state index is 12.7. The molecule has 2 aromatic carbocycles. The van der Waals surface area contributed by atoms with E-state index >= 15 is 0 Å². The Labute approximate surface area is 152 Å². The average molecular weight is 350 g/mol. The van der Waals surface area contributed by atoms with Gasteiger partial charge < -0.3 is 15.2 Å². The van der Waals surface area contributed by atoms with Crippen LogP contribution in [0.4, 0.5) is 5.69 Å². The van der Waals surface area contributed by atoms with Crippen molar-refractivity contribution in [2.45, 2.75) is 26.2 Å². The van der Waals surface area contributed by atoms with Gasteiger partial charge in [-0.25, -0.2) is 0 Å². The second-order valence-electron chi connectivity index (χ2n) is 6.12. The molecule has 5 heteroatoms. The van der Waals surface area contributed by atoms with Gasteiger partial charge in [-0.05, 0) is 36.6 Å². The zero-order valence-corrected chi connectivity index (χ0v) is 15.0. The molecule has 0 aliphatic carbocycles. The molecule has 3 aromatic rings. The van der Waals surface area contributed by atoms with Crippen LogP contribution in [0.1, 0.15) is 35.7 Å². The minimum absolute atomic E-state index is 0.194. The third kappa shape index (κ3) is 3.61. The van der Waals surface area contributed by atoms with E-state index in [2.05, 4.69) is 17.2 Å². The number of unbranched alkanes of at least 4 members (excludes halogenated alkanes) is 1. The SMILES string of the molecule is CCCCc1ccc(NC(=O)c2cnc3ccccc3c2OC)cc1O. The van der Waals surface area contributed by atoms with E-state index in [-0.39, 0.29) is 11.7 Å². The average Bonchev–Trinajstić information content (AvgIpc) is 2.66. The molecule has 3 rings (SSSR count). The van der Waals surface area contributed by atoms with Gasteiger partial charge in [0.1, 0.15) is 17.1 Å². The highest BCUT2D eigenvalue weighted by Crippen LogP contribution is 2.29. The number of hydrogen-bond acceptors (Lipinski definition) is 4. The number of ether oxygens (including phenoxy) is 1. The topological polar surface area (TPSA) is 71.5 Å². The van der Waals surface area contributed by atoms with E-state index in [0.29, 0.717) is 17.0 Å². The van der Waals surface area contributed by atoms with E-state index in [0.717, 1.165) is 35.7 Å². The van der Waals surface area contributed by atoms with Gasteiger partial charge in [0.25, 0.3) is 5.91 Å². The number of benzene rings is 2. The fourth-order valence-electron chi connectivity index (χ4n) is 2.92. The molecule has 0 aliphatic heterocycles. The number of carbonyl (C=O) groups is 1. The smallest absolute Gasteiger partial charge is 0.261 e. The summed E-state index contributed by atoms with van der Waals surface area (Å²) in [5, 5.41) is 13.7. The third-order valence-electron chi connectivity index (χ3n) is 4.32. The lowest BCUT2D eigenvalue weighted by molar-refractivity contribution is 0.102. The van der Waals surface area contributed by atoms with Gasteiger partial charge in [-0.1, -0.05) is 31.5 Å². The standard InChI is InChI=1S/C21H22N2O3/c1-3-4-7-14-10-11-15(12-19(14)24)23-21(25)17-13-22-18-9-6-5-8-16(18)20(17)26-2/h5-6,8-13,24H,3-4,7H2,1-2H3,(H,23,25). The Morgan fingerprint density at radius 3 is 2.77 bits per heavy atom. The lowest BCUT2D eigenvalue weighted by Crippen LogP contribution is -2.14. The zero-order chi connectivity index (χ0) is 18.5. The third-order valence-corrected chi connectivity index (χ3v) is 4.32. The van der Waals surface area contributed by atoms with E-state index in [9.17, 15) is 9.90 Å². The van der Waals surface area contributed by atoms with Gasteiger partial charge in [-0.2, -0.15) is 0 Å². The highest BCUT2D eigenvalue weighted by molar-refractivity contribution is 6.09. The quantitative estimate of drug-likeness (QED) is 0.684. The summed E-state index contributed by atoms with van der Waals surface area (Å²) in [7, 11) is 1.53. The molecule has 134 valence electrons. The first-order chi connectivity index (χ1) is 12.6. The van der Waals surface area contributed by atoms with Crippen LogP contribution < -0.4 is 10.1 Å². The van der Waals surface area contributed by atoms with Crippen LogP contribution in [0.2, 0.25) is 0 Å². The molecule has 0 saturated heterocycles. The van der Waals surface area contributed by atoms with Crippen LogP contribution in [0.3, 0.4) is 0 Å². The summed E-state index contributed by atoms with van der Waals surface area (Å²) in [5.41, 5.74) is 2.53. The maximum Gasteiger partial charge on any atom is 0.261 e. The molecule has 0 unspecified atom stereocenters. The van der Waals surface area contributed by atoms with Crippen molar-refractivity contribution in [1.82, 2.24) is 4.98 Å². The van der Waals surface area contributed by atoms with Crippen LogP contribution in [0.25, 0.3) is 10.9 Å². The van der Waals surface area contributed by atoms with E-state index < -0.39 is 0 Å². The number of anilines is 1. The largest absolute Gasteiger partial charge is 0.508 e. The Morgan fingerprint density at radius 2 is 2.04 bits per heavy atom. The summed E-state index contributed by atoms with van der Waals surface area (Å²) in [5.74, 6) is 0.345. The lowest BCUT2D eigenvalue weighted by Gasteiger charge is -2.12. The van der Waals surface area contributed by atoms with Crippen LogP contribution in [0.5, 0.6) is 11.5 Å². The minimum Gasteiger partial charge on any atom is -0.508 e. The summed E-state index contributed by atoms with van der Waals surface area (Å²) >= 11 is 0. The molecule has 0 radical (unpaired) electrons. The predicted octanol–water partition coefficient (Wildman–Crippen LogP) is 4.54. The van der Waals surface area contributed by atoms with Crippen molar-refractivity contribution in [2.24, 2.45) is 0 Å². The highest BCUT2D eigenvalue weighted by atomic mass is 16.5. The summed E-state index contributed by atoms with van der Waals surface area (Å²) < 4.78 is 5.45. The van der Waals surface area contributed by atoms with Crippen LogP contribution in [-0.2, 0) is 6.42 Å². The van der Waals surface area contributed by atoms with Crippen molar-refractivity contribution >= 4 is 22.5 Å². The molecule has 1 amide bonds. The highest BCUT2D eigenvalue weighted by Gasteiger charge is 2.16. The first-order valence-corrected chi connectivity index (χ1v) is 8.69. The zero-order valence-electron chi connectivity index (χ0n) is 15.0. The Balaban J connectivity index is 1.86. The molecule has 2 N–H and O–H groups in total. The number of nitrogens with one attached hydrogen (secondary N) is 1.